The lowest BCUT2D eigenvalue weighted by atomic mass is 9.90. The predicted octanol–water partition coefficient (Wildman–Crippen LogP) is 2.11. The molecule has 1 aliphatic rings. The molecule has 1 fully saturated rings. The van der Waals surface area contributed by atoms with Gasteiger partial charge in [-0.15, -0.1) is 0 Å². The van der Waals surface area contributed by atoms with Crippen molar-refractivity contribution in [3.8, 4) is 0 Å². The standard InChI is InChI=1S/C14H18N2O2/c1-10(2)9-16-13(18)15-12(17)14(16,3)11-7-5-4-6-8-11/h4-8,10H,9H2,1-3H3,(H,15,17,18). The molecule has 2 rings (SSSR count). The average Bonchev–Trinajstić information content (AvgIpc) is 2.55. The fourth-order valence-electron chi connectivity index (χ4n) is 2.29. The van der Waals surface area contributed by atoms with Crippen LogP contribution in [0, 0.1) is 5.92 Å². The Hall–Kier alpha value is -1.84. The van der Waals surface area contributed by atoms with E-state index in [4.69, 9.17) is 0 Å². The van der Waals surface area contributed by atoms with Gasteiger partial charge in [-0.25, -0.2) is 4.79 Å². The molecule has 18 heavy (non-hydrogen) atoms. The van der Waals surface area contributed by atoms with E-state index in [2.05, 4.69) is 5.32 Å². The van der Waals surface area contributed by atoms with E-state index in [0.29, 0.717) is 12.5 Å². The molecule has 0 aliphatic carbocycles. The number of benzene rings is 1. The quantitative estimate of drug-likeness (QED) is 0.830. The number of amides is 3. The second kappa shape index (κ2) is 4.44. The second-order valence-electron chi connectivity index (χ2n) is 5.20. The maximum absolute atomic E-state index is 12.1. The van der Waals surface area contributed by atoms with Crippen LogP contribution in [-0.2, 0) is 10.3 Å². The Bertz CT molecular complexity index is 470. The van der Waals surface area contributed by atoms with Gasteiger partial charge < -0.3 is 4.90 Å². The number of carbonyl (C=O) groups is 2. The molecular formula is C14H18N2O2. The third-order valence-electron chi connectivity index (χ3n) is 3.33. The second-order valence-corrected chi connectivity index (χ2v) is 5.20. The molecule has 1 aliphatic heterocycles. The molecule has 0 aromatic heterocycles. The van der Waals surface area contributed by atoms with Gasteiger partial charge in [0.25, 0.3) is 5.91 Å². The Kier molecular flexibility index (Phi) is 3.11. The summed E-state index contributed by atoms with van der Waals surface area (Å²) < 4.78 is 0. The highest BCUT2D eigenvalue weighted by atomic mass is 16.2. The van der Waals surface area contributed by atoms with E-state index < -0.39 is 5.54 Å². The number of hydrogen-bond donors (Lipinski definition) is 1. The lowest BCUT2D eigenvalue weighted by Crippen LogP contribution is -2.45. The van der Waals surface area contributed by atoms with Crippen molar-refractivity contribution in [3.05, 3.63) is 35.9 Å². The third-order valence-corrected chi connectivity index (χ3v) is 3.33. The summed E-state index contributed by atoms with van der Waals surface area (Å²) in [7, 11) is 0. The van der Waals surface area contributed by atoms with Crippen molar-refractivity contribution in [2.75, 3.05) is 6.54 Å². The van der Waals surface area contributed by atoms with Crippen molar-refractivity contribution in [1.82, 2.24) is 10.2 Å². The summed E-state index contributed by atoms with van der Waals surface area (Å²) in [5.74, 6) is 0.0593. The van der Waals surface area contributed by atoms with E-state index in [1.165, 1.54) is 0 Å². The monoisotopic (exact) mass is 246 g/mol. The number of nitrogens with one attached hydrogen (secondary N) is 1. The molecule has 4 nitrogen and oxygen atoms in total. The first kappa shape index (κ1) is 12.6. The van der Waals surface area contributed by atoms with Crippen molar-refractivity contribution in [2.45, 2.75) is 26.3 Å². The van der Waals surface area contributed by atoms with Gasteiger partial charge >= 0.3 is 6.03 Å². The molecule has 0 radical (unpaired) electrons. The SMILES string of the molecule is CC(C)CN1C(=O)NC(=O)C1(C)c1ccccc1. The van der Waals surface area contributed by atoms with Crippen LogP contribution in [0.25, 0.3) is 0 Å². The van der Waals surface area contributed by atoms with Gasteiger partial charge in [-0.2, -0.15) is 0 Å². The molecule has 1 heterocycles. The van der Waals surface area contributed by atoms with Gasteiger partial charge in [-0.05, 0) is 18.4 Å². The zero-order valence-corrected chi connectivity index (χ0v) is 10.9. The number of hydrogen-bond acceptors (Lipinski definition) is 2. The van der Waals surface area contributed by atoms with Crippen molar-refractivity contribution in [2.24, 2.45) is 5.92 Å². The first-order valence-corrected chi connectivity index (χ1v) is 6.15. The minimum absolute atomic E-state index is 0.251. The summed E-state index contributed by atoms with van der Waals surface area (Å²) in [6.45, 7) is 6.41. The van der Waals surface area contributed by atoms with E-state index >= 15 is 0 Å². The van der Waals surface area contributed by atoms with Crippen molar-refractivity contribution >= 4 is 11.9 Å². The maximum atomic E-state index is 12.1. The van der Waals surface area contributed by atoms with Crippen LogP contribution in [0.2, 0.25) is 0 Å². The lowest BCUT2D eigenvalue weighted by molar-refractivity contribution is -0.126. The summed E-state index contributed by atoms with van der Waals surface area (Å²) in [6.07, 6.45) is 0. The number of imide groups is 1. The van der Waals surface area contributed by atoms with E-state index in [-0.39, 0.29) is 11.9 Å². The molecular weight excluding hydrogens is 228 g/mol. The zero-order chi connectivity index (χ0) is 13.3. The maximum Gasteiger partial charge on any atom is 0.325 e. The predicted molar refractivity (Wildman–Crippen MR) is 68.9 cm³/mol. The zero-order valence-electron chi connectivity index (χ0n) is 10.9. The average molecular weight is 246 g/mol. The van der Waals surface area contributed by atoms with Crippen molar-refractivity contribution in [1.29, 1.82) is 0 Å². The van der Waals surface area contributed by atoms with Crippen LogP contribution in [0.1, 0.15) is 26.3 Å². The molecule has 1 saturated heterocycles. The minimum atomic E-state index is -0.900. The lowest BCUT2D eigenvalue weighted by Gasteiger charge is -2.33. The number of rotatable bonds is 3. The van der Waals surface area contributed by atoms with E-state index in [1.807, 2.05) is 44.2 Å². The minimum Gasteiger partial charge on any atom is -0.306 e. The van der Waals surface area contributed by atoms with E-state index in [0.717, 1.165) is 5.56 Å². The van der Waals surface area contributed by atoms with Gasteiger partial charge in [0.05, 0.1) is 0 Å². The summed E-state index contributed by atoms with van der Waals surface area (Å²) in [6, 6.07) is 9.11. The first-order chi connectivity index (χ1) is 8.46. The van der Waals surface area contributed by atoms with Crippen LogP contribution in [0.15, 0.2) is 30.3 Å². The first-order valence-electron chi connectivity index (χ1n) is 6.15. The Morgan fingerprint density at radius 2 is 1.83 bits per heavy atom. The van der Waals surface area contributed by atoms with Crippen molar-refractivity contribution < 1.29 is 9.59 Å². The topological polar surface area (TPSA) is 49.4 Å². The fourth-order valence-corrected chi connectivity index (χ4v) is 2.29. The van der Waals surface area contributed by atoms with Gasteiger partial charge in [-0.3, -0.25) is 10.1 Å². The van der Waals surface area contributed by atoms with Crippen LogP contribution in [0.3, 0.4) is 0 Å². The van der Waals surface area contributed by atoms with Gasteiger partial charge in [-0.1, -0.05) is 44.2 Å². The molecule has 4 heteroatoms. The highest BCUT2D eigenvalue weighted by Gasteiger charge is 2.50. The van der Waals surface area contributed by atoms with Crippen LogP contribution in [-0.4, -0.2) is 23.4 Å². The van der Waals surface area contributed by atoms with Crippen LogP contribution in [0.4, 0.5) is 4.79 Å². The Morgan fingerprint density at radius 3 is 2.39 bits per heavy atom. The number of nitrogens with zero attached hydrogens (tertiary/aromatic N) is 1. The molecule has 1 N–H and O–H groups in total. The van der Waals surface area contributed by atoms with Crippen LogP contribution < -0.4 is 5.32 Å². The molecule has 0 saturated carbocycles. The summed E-state index contributed by atoms with van der Waals surface area (Å²) >= 11 is 0. The largest absolute Gasteiger partial charge is 0.325 e. The highest BCUT2D eigenvalue weighted by Crippen LogP contribution is 2.33. The highest BCUT2D eigenvalue weighted by molar-refractivity contribution is 6.07. The molecule has 1 aromatic carbocycles. The normalized spacial score (nSPS) is 23.7. The number of urea groups is 1. The third kappa shape index (κ3) is 1.88. The van der Waals surface area contributed by atoms with Gasteiger partial charge in [0.1, 0.15) is 5.54 Å². The molecule has 96 valence electrons. The van der Waals surface area contributed by atoms with Gasteiger partial charge in [0.2, 0.25) is 0 Å². The molecule has 1 atom stereocenters. The van der Waals surface area contributed by atoms with Gasteiger partial charge in [0.15, 0.2) is 0 Å². The van der Waals surface area contributed by atoms with Crippen LogP contribution >= 0.6 is 0 Å². The molecule has 1 aromatic rings. The Balaban J connectivity index is 2.44. The molecule has 0 spiro atoms. The van der Waals surface area contributed by atoms with E-state index in [1.54, 1.807) is 11.8 Å². The van der Waals surface area contributed by atoms with E-state index in [9.17, 15) is 9.59 Å². The summed E-state index contributed by atoms with van der Waals surface area (Å²) in [5.41, 5.74) is -0.0585. The fraction of sp³-hybridized carbons (Fsp3) is 0.429. The van der Waals surface area contributed by atoms with Crippen molar-refractivity contribution in [3.63, 3.8) is 0 Å². The molecule has 3 amide bonds. The Morgan fingerprint density at radius 1 is 1.22 bits per heavy atom. The molecule has 0 bridgehead atoms. The number of carbonyl (C=O) groups excluding carboxylic acids is 2. The summed E-state index contributed by atoms with van der Waals surface area (Å²) in [4.78, 5) is 25.6. The summed E-state index contributed by atoms with van der Waals surface area (Å²) in [5, 5.41) is 2.41. The van der Waals surface area contributed by atoms with Gasteiger partial charge in [0, 0.05) is 6.54 Å². The smallest absolute Gasteiger partial charge is 0.306 e. The Labute approximate surface area is 107 Å². The van der Waals surface area contributed by atoms with Crippen LogP contribution in [0.5, 0.6) is 0 Å². The molecule has 1 unspecified atom stereocenters.